The number of aliphatic hydroxyl groups excluding tert-OH is 1. The Balaban J connectivity index is 1.75. The first-order valence-corrected chi connectivity index (χ1v) is 12.2. The Morgan fingerprint density at radius 2 is 1.97 bits per heavy atom. The average Bonchev–Trinajstić information content (AvgIpc) is 3.32. The molecule has 1 saturated carbocycles. The molecular formula is C26H37N5O2. The van der Waals surface area contributed by atoms with Crippen molar-refractivity contribution in [2.75, 3.05) is 23.8 Å². The standard InChI is InChI=1S/C26H37N5O2/c1-7-20-8-18-10-22(33-23(18)12-27-20)24-17(6)29-26(28-11-14(2)3)31-25(24)30-21-9-19(13-32)15(4)16(21)5/h8,10,12,14-16,19,21,32H,7,9,11,13H2,1-6H3,(H2,28,29,30,31)/t15-,16+,19+,21+/m0/s1. The summed E-state index contributed by atoms with van der Waals surface area (Å²) < 4.78 is 6.22. The van der Waals surface area contributed by atoms with Crippen molar-refractivity contribution in [2.45, 2.75) is 60.4 Å². The molecule has 0 bridgehead atoms. The predicted molar refractivity (Wildman–Crippen MR) is 133 cm³/mol. The molecule has 1 fully saturated rings. The van der Waals surface area contributed by atoms with E-state index in [1.807, 2.05) is 6.92 Å². The highest BCUT2D eigenvalue weighted by atomic mass is 16.3. The van der Waals surface area contributed by atoms with E-state index < -0.39 is 0 Å². The third-order valence-electron chi connectivity index (χ3n) is 7.15. The second-order valence-electron chi connectivity index (χ2n) is 9.96. The normalized spacial score (nSPS) is 22.9. The Kier molecular flexibility index (Phi) is 6.88. The van der Waals surface area contributed by atoms with Crippen molar-refractivity contribution in [3.8, 4) is 11.3 Å². The molecule has 3 N–H and O–H groups in total. The number of hydrogen-bond acceptors (Lipinski definition) is 7. The zero-order chi connectivity index (χ0) is 23.7. The Labute approximate surface area is 196 Å². The number of aliphatic hydroxyl groups is 1. The fourth-order valence-electron chi connectivity index (χ4n) is 4.81. The van der Waals surface area contributed by atoms with Crippen molar-refractivity contribution >= 4 is 22.7 Å². The van der Waals surface area contributed by atoms with Crippen molar-refractivity contribution in [2.24, 2.45) is 23.7 Å². The van der Waals surface area contributed by atoms with Crippen LogP contribution in [-0.4, -0.2) is 39.3 Å². The van der Waals surface area contributed by atoms with E-state index in [0.29, 0.717) is 29.6 Å². The van der Waals surface area contributed by atoms with Gasteiger partial charge in [0, 0.05) is 30.3 Å². The maximum atomic E-state index is 9.82. The SMILES string of the molecule is CCc1cc2cc(-c3c(C)nc(NCC(C)C)nc3N[C@@H]3C[C@H](CO)[C@@H](C)[C@H]3C)oc2cn1. The quantitative estimate of drug-likeness (QED) is 0.428. The highest BCUT2D eigenvalue weighted by Gasteiger charge is 2.38. The molecule has 0 saturated heterocycles. The van der Waals surface area contributed by atoms with Crippen LogP contribution in [0, 0.1) is 30.6 Å². The van der Waals surface area contributed by atoms with E-state index in [4.69, 9.17) is 14.4 Å². The molecule has 1 aliphatic carbocycles. The molecule has 0 aromatic carbocycles. The van der Waals surface area contributed by atoms with Crippen LogP contribution in [-0.2, 0) is 6.42 Å². The van der Waals surface area contributed by atoms with Gasteiger partial charge in [-0.2, -0.15) is 4.98 Å². The van der Waals surface area contributed by atoms with E-state index in [1.165, 1.54) is 0 Å². The molecule has 0 aliphatic heterocycles. The van der Waals surface area contributed by atoms with E-state index >= 15 is 0 Å². The summed E-state index contributed by atoms with van der Waals surface area (Å²) in [6, 6.07) is 4.36. The van der Waals surface area contributed by atoms with Gasteiger partial charge in [0.2, 0.25) is 5.95 Å². The molecule has 4 rings (SSSR count). The lowest BCUT2D eigenvalue weighted by Crippen LogP contribution is -2.25. The number of furan rings is 1. The van der Waals surface area contributed by atoms with Crippen LogP contribution in [0.15, 0.2) is 22.7 Å². The van der Waals surface area contributed by atoms with Crippen molar-refractivity contribution in [3.05, 3.63) is 29.7 Å². The topological polar surface area (TPSA) is 96.1 Å². The molecule has 4 atom stereocenters. The second kappa shape index (κ2) is 9.67. The zero-order valence-electron chi connectivity index (χ0n) is 20.6. The number of nitrogens with zero attached hydrogens (tertiary/aromatic N) is 3. The molecule has 7 heteroatoms. The first-order chi connectivity index (χ1) is 15.8. The molecular weight excluding hydrogens is 414 g/mol. The van der Waals surface area contributed by atoms with Gasteiger partial charge >= 0.3 is 0 Å². The summed E-state index contributed by atoms with van der Waals surface area (Å²) in [5.41, 5.74) is 3.54. The van der Waals surface area contributed by atoms with Gasteiger partial charge in [0.15, 0.2) is 5.58 Å². The summed E-state index contributed by atoms with van der Waals surface area (Å²) in [5, 5.41) is 17.9. The lowest BCUT2D eigenvalue weighted by atomic mass is 9.92. The summed E-state index contributed by atoms with van der Waals surface area (Å²) in [6.07, 6.45) is 3.59. The zero-order valence-corrected chi connectivity index (χ0v) is 20.6. The Hall–Kier alpha value is -2.67. The molecule has 0 amide bonds. The van der Waals surface area contributed by atoms with Gasteiger partial charge in [-0.1, -0.05) is 34.6 Å². The molecule has 33 heavy (non-hydrogen) atoms. The van der Waals surface area contributed by atoms with Gasteiger partial charge in [0.05, 0.1) is 17.5 Å². The highest BCUT2D eigenvalue weighted by molar-refractivity contribution is 5.86. The molecule has 7 nitrogen and oxygen atoms in total. The van der Waals surface area contributed by atoms with E-state index in [-0.39, 0.29) is 12.6 Å². The van der Waals surface area contributed by atoms with Crippen molar-refractivity contribution in [3.63, 3.8) is 0 Å². The minimum Gasteiger partial charge on any atom is -0.454 e. The van der Waals surface area contributed by atoms with Gasteiger partial charge in [-0.25, -0.2) is 4.98 Å². The Morgan fingerprint density at radius 3 is 2.64 bits per heavy atom. The second-order valence-corrected chi connectivity index (χ2v) is 9.96. The van der Waals surface area contributed by atoms with Crippen LogP contribution < -0.4 is 10.6 Å². The summed E-state index contributed by atoms with van der Waals surface area (Å²) in [4.78, 5) is 14.1. The van der Waals surface area contributed by atoms with Crippen LogP contribution in [0.3, 0.4) is 0 Å². The van der Waals surface area contributed by atoms with Crippen molar-refractivity contribution in [1.29, 1.82) is 0 Å². The van der Waals surface area contributed by atoms with Crippen molar-refractivity contribution in [1.82, 2.24) is 15.0 Å². The lowest BCUT2D eigenvalue weighted by molar-refractivity contribution is 0.191. The number of rotatable bonds is 8. The molecule has 3 heterocycles. The van der Waals surface area contributed by atoms with Crippen LogP contribution in [0.2, 0.25) is 0 Å². The Morgan fingerprint density at radius 1 is 1.18 bits per heavy atom. The molecule has 0 radical (unpaired) electrons. The fraction of sp³-hybridized carbons (Fsp3) is 0.577. The average molecular weight is 452 g/mol. The molecule has 0 unspecified atom stereocenters. The van der Waals surface area contributed by atoms with Gasteiger partial charge in [-0.05, 0) is 55.6 Å². The number of aryl methyl sites for hydroxylation is 2. The number of pyridine rings is 1. The third-order valence-corrected chi connectivity index (χ3v) is 7.15. The van der Waals surface area contributed by atoms with Gasteiger partial charge < -0.3 is 20.2 Å². The number of nitrogens with one attached hydrogen (secondary N) is 2. The van der Waals surface area contributed by atoms with Crippen LogP contribution in [0.4, 0.5) is 11.8 Å². The van der Waals surface area contributed by atoms with Gasteiger partial charge in [-0.3, -0.25) is 4.98 Å². The smallest absolute Gasteiger partial charge is 0.224 e. The summed E-state index contributed by atoms with van der Waals surface area (Å²) in [5.74, 6) is 3.79. The number of fused-ring (bicyclic) bond motifs is 1. The number of aromatic nitrogens is 3. The minimum atomic E-state index is 0.219. The van der Waals surface area contributed by atoms with Crippen LogP contribution in [0.1, 0.15) is 52.4 Å². The molecule has 178 valence electrons. The van der Waals surface area contributed by atoms with E-state index in [9.17, 15) is 5.11 Å². The van der Waals surface area contributed by atoms with E-state index in [2.05, 4.69) is 62.4 Å². The van der Waals surface area contributed by atoms with Crippen LogP contribution >= 0.6 is 0 Å². The maximum Gasteiger partial charge on any atom is 0.224 e. The van der Waals surface area contributed by atoms with E-state index in [1.54, 1.807) is 6.20 Å². The first kappa shape index (κ1) is 23.5. The predicted octanol–water partition coefficient (Wildman–Crippen LogP) is 5.29. The largest absolute Gasteiger partial charge is 0.454 e. The van der Waals surface area contributed by atoms with E-state index in [0.717, 1.165) is 58.9 Å². The first-order valence-electron chi connectivity index (χ1n) is 12.2. The van der Waals surface area contributed by atoms with Gasteiger partial charge in [-0.15, -0.1) is 0 Å². The highest BCUT2D eigenvalue weighted by Crippen LogP contribution is 2.40. The third kappa shape index (κ3) is 4.83. The molecule has 3 aromatic rings. The summed E-state index contributed by atoms with van der Waals surface area (Å²) in [6.45, 7) is 13.9. The lowest BCUT2D eigenvalue weighted by Gasteiger charge is -2.22. The number of anilines is 2. The number of hydrogen-bond donors (Lipinski definition) is 3. The van der Waals surface area contributed by atoms with Crippen LogP contribution in [0.25, 0.3) is 22.3 Å². The summed E-state index contributed by atoms with van der Waals surface area (Å²) >= 11 is 0. The molecule has 1 aliphatic rings. The monoisotopic (exact) mass is 451 g/mol. The summed E-state index contributed by atoms with van der Waals surface area (Å²) in [7, 11) is 0. The van der Waals surface area contributed by atoms with Gasteiger partial charge in [0.25, 0.3) is 0 Å². The van der Waals surface area contributed by atoms with Gasteiger partial charge in [0.1, 0.15) is 11.6 Å². The molecule has 0 spiro atoms. The maximum absolute atomic E-state index is 9.82. The minimum absolute atomic E-state index is 0.219. The van der Waals surface area contributed by atoms with Crippen LogP contribution in [0.5, 0.6) is 0 Å². The fourth-order valence-corrected chi connectivity index (χ4v) is 4.81. The molecule has 3 aromatic heterocycles. The van der Waals surface area contributed by atoms with Crippen molar-refractivity contribution < 1.29 is 9.52 Å². The Bertz CT molecular complexity index is 1110.